The summed E-state index contributed by atoms with van der Waals surface area (Å²) >= 11 is 7.61. The van der Waals surface area contributed by atoms with Gasteiger partial charge in [-0.2, -0.15) is 15.2 Å². The summed E-state index contributed by atoms with van der Waals surface area (Å²) in [4.78, 5) is 12.7. The van der Waals surface area contributed by atoms with Crippen molar-refractivity contribution >= 4 is 54.7 Å². The predicted octanol–water partition coefficient (Wildman–Crippen LogP) is 6.04. The molecule has 0 saturated carbocycles. The van der Waals surface area contributed by atoms with Crippen molar-refractivity contribution in [3.05, 3.63) is 40.4 Å². The van der Waals surface area contributed by atoms with Gasteiger partial charge < -0.3 is 15.4 Å². The molecule has 1 unspecified atom stereocenters. The van der Waals surface area contributed by atoms with Crippen molar-refractivity contribution in [1.29, 1.82) is 5.26 Å². The van der Waals surface area contributed by atoms with E-state index in [1.165, 1.54) is 12.1 Å². The highest BCUT2D eigenvalue weighted by Gasteiger charge is 2.64. The van der Waals surface area contributed by atoms with Gasteiger partial charge in [-0.15, -0.1) is 11.3 Å². The van der Waals surface area contributed by atoms with Gasteiger partial charge in [0.05, 0.1) is 27.4 Å². The first kappa shape index (κ1) is 29.9. The van der Waals surface area contributed by atoms with Gasteiger partial charge in [-0.05, 0) is 43.5 Å². The SMILES string of the molecule is N#Cc1c(N)sc2c(F)ccc(-c3c(Cl)cc4c(N5CCC6(C5)NCC6(F)F)nc(OC[C@@]56CCCN5C[C@H](F)C6)nc4c3F)c12. The second-order valence-electron chi connectivity index (χ2n) is 12.7. The lowest BCUT2D eigenvalue weighted by atomic mass is 9.83. The van der Waals surface area contributed by atoms with E-state index in [1.807, 2.05) is 6.07 Å². The average Bonchev–Trinajstić information content (AvgIpc) is 3.78. The number of hydrogen-bond acceptors (Lipinski definition) is 9. The summed E-state index contributed by atoms with van der Waals surface area (Å²) in [6.45, 7) is 0.806. The normalized spacial score (nSPS) is 27.1. The van der Waals surface area contributed by atoms with Crippen molar-refractivity contribution in [2.24, 2.45) is 0 Å². The number of rotatable bonds is 5. The molecule has 0 aliphatic carbocycles. The molecule has 4 fully saturated rings. The third kappa shape index (κ3) is 4.21. The van der Waals surface area contributed by atoms with E-state index in [9.17, 15) is 22.8 Å². The summed E-state index contributed by atoms with van der Waals surface area (Å²) in [7, 11) is 0. The van der Waals surface area contributed by atoms with Crippen LogP contribution in [0, 0.1) is 23.0 Å². The van der Waals surface area contributed by atoms with Crippen molar-refractivity contribution in [3.8, 4) is 23.2 Å². The fraction of sp³-hybridized carbons (Fsp3) is 0.452. The Morgan fingerprint density at radius 2 is 2.04 bits per heavy atom. The maximum atomic E-state index is 16.8. The van der Waals surface area contributed by atoms with Crippen LogP contribution in [-0.4, -0.2) is 77.4 Å². The van der Waals surface area contributed by atoms with E-state index < -0.39 is 41.4 Å². The molecule has 6 heterocycles. The third-order valence-corrected chi connectivity index (χ3v) is 11.5. The maximum Gasteiger partial charge on any atom is 0.319 e. The second kappa shape index (κ2) is 10.2. The van der Waals surface area contributed by atoms with E-state index in [2.05, 4.69) is 20.2 Å². The highest BCUT2D eigenvalue weighted by atomic mass is 35.5. The van der Waals surface area contributed by atoms with Crippen molar-refractivity contribution < 1.29 is 26.7 Å². The maximum absolute atomic E-state index is 16.8. The molecule has 15 heteroatoms. The van der Waals surface area contributed by atoms with Crippen LogP contribution in [-0.2, 0) is 0 Å². The number of benzene rings is 2. The van der Waals surface area contributed by atoms with E-state index in [0.717, 1.165) is 36.8 Å². The monoisotopic (exact) mass is 675 g/mol. The molecule has 4 aliphatic heterocycles. The molecule has 8 rings (SSSR count). The number of ether oxygens (including phenoxy) is 1. The average molecular weight is 676 g/mol. The molecule has 4 aliphatic rings. The third-order valence-electron chi connectivity index (χ3n) is 10.2. The second-order valence-corrected chi connectivity index (χ2v) is 14.2. The number of nitrogens with two attached hydrogens (primary N) is 1. The lowest BCUT2D eigenvalue weighted by Crippen LogP contribution is -2.74. The molecule has 2 aromatic heterocycles. The van der Waals surface area contributed by atoms with E-state index in [4.69, 9.17) is 22.1 Å². The molecule has 46 heavy (non-hydrogen) atoms. The van der Waals surface area contributed by atoms with Crippen molar-refractivity contribution in [2.75, 3.05) is 50.0 Å². The number of alkyl halides is 3. The van der Waals surface area contributed by atoms with Crippen LogP contribution in [0.1, 0.15) is 31.2 Å². The van der Waals surface area contributed by atoms with Crippen molar-refractivity contribution in [1.82, 2.24) is 20.2 Å². The molecular weight excluding hydrogens is 649 g/mol. The number of nitrogens with one attached hydrogen (secondary N) is 1. The van der Waals surface area contributed by atoms with Crippen molar-refractivity contribution in [2.45, 2.75) is 48.9 Å². The summed E-state index contributed by atoms with van der Waals surface area (Å²) in [5.74, 6) is -4.26. The Balaban J connectivity index is 1.28. The molecule has 1 spiro atoms. The number of hydrogen-bond donors (Lipinski definition) is 2. The van der Waals surface area contributed by atoms with Crippen LogP contribution in [0.3, 0.4) is 0 Å². The molecule has 3 atom stereocenters. The van der Waals surface area contributed by atoms with E-state index in [0.29, 0.717) is 13.0 Å². The van der Waals surface area contributed by atoms with E-state index in [1.54, 1.807) is 4.90 Å². The fourth-order valence-electron chi connectivity index (χ4n) is 7.77. The molecular formula is C31H27ClF5N7OS. The van der Waals surface area contributed by atoms with Gasteiger partial charge in [-0.3, -0.25) is 10.2 Å². The van der Waals surface area contributed by atoms with Gasteiger partial charge >= 0.3 is 6.01 Å². The van der Waals surface area contributed by atoms with Gasteiger partial charge in [0.1, 0.15) is 46.5 Å². The first-order valence-corrected chi connectivity index (χ1v) is 16.2. The molecule has 3 N–H and O–H groups in total. The number of fused-ring (bicyclic) bond motifs is 3. The zero-order chi connectivity index (χ0) is 32.2. The smallest absolute Gasteiger partial charge is 0.319 e. The molecule has 0 amide bonds. The minimum atomic E-state index is -2.93. The van der Waals surface area contributed by atoms with Crippen LogP contribution in [0.25, 0.3) is 32.1 Å². The Bertz CT molecular complexity index is 1990. The van der Waals surface area contributed by atoms with Crippen molar-refractivity contribution in [3.63, 3.8) is 0 Å². The van der Waals surface area contributed by atoms with Gasteiger partial charge in [0.2, 0.25) is 0 Å². The number of anilines is 2. The van der Waals surface area contributed by atoms with Crippen LogP contribution >= 0.6 is 22.9 Å². The number of nitriles is 1. The Morgan fingerprint density at radius 1 is 1.22 bits per heavy atom. The highest BCUT2D eigenvalue weighted by Crippen LogP contribution is 2.48. The standard InChI is InChI=1S/C31H27ClF5N7OS/c32-19-8-17-24(23(35)22(19)16-2-3-20(34)25-21(16)18(10-38)26(39)46-25)41-28(45-14-29-4-1-6-44(29)11-15(33)9-29)42-27(17)43-7-5-30(13-43)31(36,37)12-40-30/h2-3,8,15,40H,1,4-7,9,11-14,39H2/t15-,29+,30?/m1/s1. The van der Waals surface area contributed by atoms with Crippen LogP contribution in [0.15, 0.2) is 18.2 Å². The molecule has 4 saturated heterocycles. The Hall–Kier alpha value is -3.51. The molecule has 0 bridgehead atoms. The van der Waals surface area contributed by atoms with E-state index >= 15 is 4.39 Å². The van der Waals surface area contributed by atoms with Gasteiger partial charge in [0.15, 0.2) is 5.82 Å². The lowest BCUT2D eigenvalue weighted by molar-refractivity contribution is -0.145. The lowest BCUT2D eigenvalue weighted by Gasteiger charge is -2.47. The van der Waals surface area contributed by atoms with E-state index in [-0.39, 0.29) is 85.6 Å². The Labute approximate surface area is 268 Å². The minimum Gasteiger partial charge on any atom is -0.461 e. The fourth-order valence-corrected chi connectivity index (χ4v) is 9.02. The van der Waals surface area contributed by atoms with Crippen LogP contribution in [0.5, 0.6) is 6.01 Å². The Kier molecular flexibility index (Phi) is 6.65. The number of nitrogen functional groups attached to an aromatic ring is 1. The number of nitrogens with zero attached hydrogens (tertiary/aromatic N) is 5. The van der Waals surface area contributed by atoms with Gasteiger partial charge in [-0.25, -0.2) is 22.0 Å². The zero-order valence-corrected chi connectivity index (χ0v) is 25.9. The Morgan fingerprint density at radius 3 is 2.76 bits per heavy atom. The van der Waals surface area contributed by atoms with Crippen LogP contribution in [0.4, 0.5) is 32.8 Å². The summed E-state index contributed by atoms with van der Waals surface area (Å²) in [6, 6.07) is 5.72. The summed E-state index contributed by atoms with van der Waals surface area (Å²) < 4.78 is 81.7. The summed E-state index contributed by atoms with van der Waals surface area (Å²) in [5, 5.41) is 13.0. The van der Waals surface area contributed by atoms with Crippen LogP contribution in [0.2, 0.25) is 5.02 Å². The molecule has 2 aromatic carbocycles. The predicted molar refractivity (Wildman–Crippen MR) is 165 cm³/mol. The minimum absolute atomic E-state index is 0.00291. The van der Waals surface area contributed by atoms with Gasteiger partial charge in [-0.1, -0.05) is 17.7 Å². The summed E-state index contributed by atoms with van der Waals surface area (Å²) in [6.07, 6.45) is 1.05. The molecule has 4 aromatic rings. The van der Waals surface area contributed by atoms with Crippen LogP contribution < -0.4 is 20.7 Å². The molecule has 240 valence electrons. The molecule has 0 radical (unpaired) electrons. The van der Waals surface area contributed by atoms with Gasteiger partial charge in [0, 0.05) is 42.4 Å². The summed E-state index contributed by atoms with van der Waals surface area (Å²) in [5.41, 5.74) is 3.86. The zero-order valence-electron chi connectivity index (χ0n) is 24.3. The number of aromatic nitrogens is 2. The topological polar surface area (TPSA) is 103 Å². The largest absolute Gasteiger partial charge is 0.461 e. The highest BCUT2D eigenvalue weighted by molar-refractivity contribution is 7.23. The first-order chi connectivity index (χ1) is 22.0. The quantitative estimate of drug-likeness (QED) is 0.247. The van der Waals surface area contributed by atoms with Gasteiger partial charge in [0.25, 0.3) is 5.92 Å². The number of thiophene rings is 1. The first-order valence-electron chi connectivity index (χ1n) is 15.0. The number of halogens is 6. The molecule has 8 nitrogen and oxygen atoms in total.